The number of hydrogen-bond acceptors (Lipinski definition) is 2. The molecule has 0 bridgehead atoms. The van der Waals surface area contributed by atoms with Crippen LogP contribution in [0.5, 0.6) is 0 Å². The summed E-state index contributed by atoms with van der Waals surface area (Å²) in [6.45, 7) is 1.78. The maximum atomic E-state index is 14.9. The number of halogens is 1. The smallest absolute Gasteiger partial charge is 0.181 e. The normalized spacial score (nSPS) is 19.6. The Kier molecular flexibility index (Phi) is 5.07. The van der Waals surface area contributed by atoms with Gasteiger partial charge in [-0.05, 0) is 78.6 Å². The van der Waals surface area contributed by atoms with Crippen molar-refractivity contribution in [2.24, 2.45) is 0 Å². The second-order valence-corrected chi connectivity index (χ2v) is 9.78. The van der Waals surface area contributed by atoms with Gasteiger partial charge in [-0.2, -0.15) is 0 Å². The average Bonchev–Trinajstić information content (AvgIpc) is 3.22. The number of sulfone groups is 1. The SMILES string of the molecule is Cc1cc(-c2ccccc2)cc(C2CCC(S(=O)(=O)c3ccccc3)C2)c1F. The van der Waals surface area contributed by atoms with E-state index >= 15 is 0 Å². The number of aryl methyl sites for hydroxylation is 1. The van der Waals surface area contributed by atoms with Gasteiger partial charge >= 0.3 is 0 Å². The van der Waals surface area contributed by atoms with Crippen LogP contribution in [0.3, 0.4) is 0 Å². The first-order chi connectivity index (χ1) is 13.5. The Hall–Kier alpha value is -2.46. The predicted octanol–water partition coefficient (Wildman–Crippen LogP) is 5.91. The van der Waals surface area contributed by atoms with Crippen LogP contribution in [-0.4, -0.2) is 13.7 Å². The highest BCUT2D eigenvalue weighted by Crippen LogP contribution is 2.42. The first-order valence-electron chi connectivity index (χ1n) is 9.61. The van der Waals surface area contributed by atoms with E-state index in [1.807, 2.05) is 48.5 Å². The summed E-state index contributed by atoms with van der Waals surface area (Å²) in [6, 6.07) is 22.2. The lowest BCUT2D eigenvalue weighted by atomic mass is 9.91. The lowest BCUT2D eigenvalue weighted by Crippen LogP contribution is -2.18. The van der Waals surface area contributed by atoms with E-state index < -0.39 is 15.1 Å². The molecule has 1 aliphatic rings. The molecule has 2 unspecified atom stereocenters. The van der Waals surface area contributed by atoms with E-state index in [0.717, 1.165) is 11.1 Å². The molecule has 0 aromatic heterocycles. The monoisotopic (exact) mass is 394 g/mol. The highest BCUT2D eigenvalue weighted by atomic mass is 32.2. The minimum absolute atomic E-state index is 0.0779. The molecule has 0 aliphatic heterocycles. The minimum atomic E-state index is -3.39. The number of benzene rings is 3. The first kappa shape index (κ1) is 18.9. The third-order valence-electron chi connectivity index (χ3n) is 5.72. The van der Waals surface area contributed by atoms with Gasteiger partial charge in [-0.25, -0.2) is 12.8 Å². The Labute approximate surface area is 166 Å². The summed E-state index contributed by atoms with van der Waals surface area (Å²) in [4.78, 5) is 0.357. The second-order valence-electron chi connectivity index (χ2n) is 7.55. The highest BCUT2D eigenvalue weighted by Gasteiger charge is 2.37. The highest BCUT2D eigenvalue weighted by molar-refractivity contribution is 7.92. The van der Waals surface area contributed by atoms with E-state index in [1.165, 1.54) is 0 Å². The maximum Gasteiger partial charge on any atom is 0.181 e. The van der Waals surface area contributed by atoms with Crippen molar-refractivity contribution in [3.05, 3.63) is 89.7 Å². The molecule has 3 aromatic carbocycles. The fourth-order valence-corrected chi connectivity index (χ4v) is 6.05. The molecular formula is C24H23FO2S. The molecule has 2 atom stereocenters. The van der Waals surface area contributed by atoms with Crippen molar-refractivity contribution in [1.82, 2.24) is 0 Å². The van der Waals surface area contributed by atoms with Gasteiger partial charge in [-0.15, -0.1) is 0 Å². The zero-order valence-electron chi connectivity index (χ0n) is 15.8. The van der Waals surface area contributed by atoms with Crippen LogP contribution in [-0.2, 0) is 9.84 Å². The second kappa shape index (κ2) is 7.51. The van der Waals surface area contributed by atoms with Crippen LogP contribution in [0.15, 0.2) is 77.7 Å². The molecule has 0 saturated heterocycles. The van der Waals surface area contributed by atoms with Gasteiger partial charge in [0.15, 0.2) is 9.84 Å². The van der Waals surface area contributed by atoms with E-state index in [4.69, 9.17) is 0 Å². The number of rotatable bonds is 4. The van der Waals surface area contributed by atoms with Crippen molar-refractivity contribution in [2.45, 2.75) is 42.2 Å². The fourth-order valence-electron chi connectivity index (χ4n) is 4.20. The average molecular weight is 395 g/mol. The van der Waals surface area contributed by atoms with Crippen LogP contribution in [0, 0.1) is 12.7 Å². The van der Waals surface area contributed by atoms with Crippen LogP contribution in [0.2, 0.25) is 0 Å². The van der Waals surface area contributed by atoms with Crippen LogP contribution in [0.25, 0.3) is 11.1 Å². The topological polar surface area (TPSA) is 34.1 Å². The predicted molar refractivity (Wildman–Crippen MR) is 111 cm³/mol. The molecule has 4 heteroatoms. The third kappa shape index (κ3) is 3.49. The van der Waals surface area contributed by atoms with Gasteiger partial charge in [0.1, 0.15) is 5.82 Å². The van der Waals surface area contributed by atoms with E-state index in [2.05, 4.69) is 0 Å². The molecular weight excluding hydrogens is 371 g/mol. The van der Waals surface area contributed by atoms with Crippen molar-refractivity contribution in [3.63, 3.8) is 0 Å². The Morgan fingerprint density at radius 2 is 1.50 bits per heavy atom. The Morgan fingerprint density at radius 1 is 0.857 bits per heavy atom. The lowest BCUT2D eigenvalue weighted by Gasteiger charge is -2.16. The quantitative estimate of drug-likeness (QED) is 0.551. The molecule has 0 spiro atoms. The number of hydrogen-bond donors (Lipinski definition) is 0. The first-order valence-corrected chi connectivity index (χ1v) is 11.2. The van der Waals surface area contributed by atoms with Gasteiger partial charge in [0, 0.05) is 0 Å². The van der Waals surface area contributed by atoms with E-state index in [0.29, 0.717) is 35.3 Å². The van der Waals surface area contributed by atoms with E-state index in [9.17, 15) is 12.8 Å². The molecule has 0 amide bonds. The van der Waals surface area contributed by atoms with E-state index in [1.54, 1.807) is 31.2 Å². The Bertz CT molecular complexity index is 1080. The molecule has 144 valence electrons. The van der Waals surface area contributed by atoms with Crippen LogP contribution in [0.4, 0.5) is 4.39 Å². The molecule has 0 N–H and O–H groups in total. The van der Waals surface area contributed by atoms with Crippen molar-refractivity contribution in [2.75, 3.05) is 0 Å². The summed E-state index contributed by atoms with van der Waals surface area (Å²) in [5.74, 6) is -0.284. The Morgan fingerprint density at radius 3 is 2.18 bits per heavy atom. The van der Waals surface area contributed by atoms with Crippen LogP contribution < -0.4 is 0 Å². The lowest BCUT2D eigenvalue weighted by molar-refractivity contribution is 0.566. The van der Waals surface area contributed by atoms with Crippen molar-refractivity contribution < 1.29 is 12.8 Å². The summed E-state index contributed by atoms with van der Waals surface area (Å²) in [5.41, 5.74) is 3.26. The summed E-state index contributed by atoms with van der Waals surface area (Å²) >= 11 is 0. The van der Waals surface area contributed by atoms with Gasteiger partial charge in [0.25, 0.3) is 0 Å². The minimum Gasteiger partial charge on any atom is -0.223 e. The maximum absolute atomic E-state index is 14.9. The van der Waals surface area contributed by atoms with Crippen molar-refractivity contribution >= 4 is 9.84 Å². The van der Waals surface area contributed by atoms with Crippen molar-refractivity contribution in [3.8, 4) is 11.1 Å². The van der Waals surface area contributed by atoms with Gasteiger partial charge in [0.2, 0.25) is 0 Å². The summed E-state index contributed by atoms with van der Waals surface area (Å²) in [7, 11) is -3.39. The van der Waals surface area contributed by atoms with Crippen molar-refractivity contribution in [1.29, 1.82) is 0 Å². The zero-order chi connectivity index (χ0) is 19.7. The summed E-state index contributed by atoms with van der Waals surface area (Å²) < 4.78 is 40.9. The molecule has 2 nitrogen and oxygen atoms in total. The summed E-state index contributed by atoms with van der Waals surface area (Å²) in [5, 5.41) is -0.458. The van der Waals surface area contributed by atoms with Gasteiger partial charge in [-0.3, -0.25) is 0 Å². The Balaban J connectivity index is 1.65. The molecule has 4 rings (SSSR count). The molecule has 3 aromatic rings. The molecule has 1 aliphatic carbocycles. The molecule has 1 saturated carbocycles. The van der Waals surface area contributed by atoms with Crippen LogP contribution >= 0.6 is 0 Å². The van der Waals surface area contributed by atoms with Gasteiger partial charge in [-0.1, -0.05) is 48.5 Å². The van der Waals surface area contributed by atoms with Gasteiger partial charge in [0.05, 0.1) is 10.1 Å². The molecule has 28 heavy (non-hydrogen) atoms. The largest absolute Gasteiger partial charge is 0.223 e. The summed E-state index contributed by atoms with van der Waals surface area (Å²) in [6.07, 6.45) is 1.72. The zero-order valence-corrected chi connectivity index (χ0v) is 16.6. The van der Waals surface area contributed by atoms with E-state index in [-0.39, 0.29) is 11.7 Å². The molecule has 0 radical (unpaired) electrons. The molecule has 0 heterocycles. The third-order valence-corrected chi connectivity index (χ3v) is 7.96. The van der Waals surface area contributed by atoms with Crippen LogP contribution in [0.1, 0.15) is 36.3 Å². The van der Waals surface area contributed by atoms with Gasteiger partial charge < -0.3 is 0 Å². The standard InChI is InChI=1S/C24H23FO2S/c1-17-14-20(18-8-4-2-5-9-18)16-23(24(17)25)19-12-13-22(15-19)28(26,27)21-10-6-3-7-11-21/h2-11,14,16,19,22H,12-13,15H2,1H3. The fraction of sp³-hybridized carbons (Fsp3) is 0.250. The molecule has 1 fully saturated rings.